The molecule has 3 rings (SSSR count). The number of anilines is 2. The quantitative estimate of drug-likeness (QED) is 0.811. The van der Waals surface area contributed by atoms with Crippen LogP contribution in [0.25, 0.3) is 0 Å². The normalized spacial score (nSPS) is 13.1. The van der Waals surface area contributed by atoms with E-state index in [9.17, 15) is 14.4 Å². The number of benzene rings is 1. The first kappa shape index (κ1) is 18.8. The summed E-state index contributed by atoms with van der Waals surface area (Å²) < 4.78 is 11.4. The number of nitrogens with zero attached hydrogens (tertiary/aromatic N) is 3. The van der Waals surface area contributed by atoms with Crippen LogP contribution in [0.2, 0.25) is 0 Å². The van der Waals surface area contributed by atoms with E-state index in [1.165, 1.54) is 44.1 Å². The average Bonchev–Trinajstić information content (AvgIpc) is 2.67. The molecular formula is C17H18N4O5S. The molecule has 1 aromatic heterocycles. The molecule has 1 aliphatic rings. The van der Waals surface area contributed by atoms with Gasteiger partial charge in [0.25, 0.3) is 5.56 Å². The Balaban J connectivity index is 1.81. The lowest BCUT2D eigenvalue weighted by molar-refractivity contribution is -0.117. The van der Waals surface area contributed by atoms with E-state index in [1.54, 1.807) is 18.2 Å². The van der Waals surface area contributed by atoms with E-state index in [1.807, 2.05) is 0 Å². The molecule has 0 fully saturated rings. The highest BCUT2D eigenvalue weighted by Gasteiger charge is 2.26. The third kappa shape index (κ3) is 3.75. The van der Waals surface area contributed by atoms with E-state index in [2.05, 4.69) is 10.4 Å². The predicted molar refractivity (Wildman–Crippen MR) is 101 cm³/mol. The molecule has 0 aliphatic carbocycles. The molecule has 2 amide bonds. The molecular weight excluding hydrogens is 372 g/mol. The molecule has 10 heteroatoms. The second kappa shape index (κ2) is 7.70. The van der Waals surface area contributed by atoms with Gasteiger partial charge in [-0.2, -0.15) is 5.10 Å². The van der Waals surface area contributed by atoms with Crippen LogP contribution in [0.4, 0.5) is 11.4 Å². The van der Waals surface area contributed by atoms with Crippen LogP contribution < -0.4 is 25.2 Å². The standard InChI is InChI=1S/C17H18N4O5S/c1-20-15(23)9-27-13-7-18-21(17(24)16(13)20)8-14(22)19-11-5-4-10(25-2)6-12(11)26-3/h4-7H,8-9H2,1-3H3,(H,19,22). The lowest BCUT2D eigenvalue weighted by atomic mass is 10.2. The van der Waals surface area contributed by atoms with Gasteiger partial charge in [0.1, 0.15) is 23.7 Å². The average molecular weight is 390 g/mol. The molecule has 2 aromatic rings. The Kier molecular flexibility index (Phi) is 5.36. The van der Waals surface area contributed by atoms with Crippen molar-refractivity contribution in [3.8, 4) is 11.5 Å². The first-order chi connectivity index (χ1) is 12.9. The molecule has 27 heavy (non-hydrogen) atoms. The van der Waals surface area contributed by atoms with E-state index < -0.39 is 11.5 Å². The maximum atomic E-state index is 12.6. The number of fused-ring (bicyclic) bond motifs is 1. The highest BCUT2D eigenvalue weighted by molar-refractivity contribution is 8.00. The first-order valence-electron chi connectivity index (χ1n) is 7.96. The summed E-state index contributed by atoms with van der Waals surface area (Å²) in [5, 5.41) is 6.72. The number of carbonyl (C=O) groups is 2. The fourth-order valence-electron chi connectivity index (χ4n) is 2.58. The van der Waals surface area contributed by atoms with Crippen LogP contribution in [0, 0.1) is 0 Å². The topological polar surface area (TPSA) is 103 Å². The summed E-state index contributed by atoms with van der Waals surface area (Å²) in [6.07, 6.45) is 1.49. The largest absolute Gasteiger partial charge is 0.497 e. The minimum absolute atomic E-state index is 0.172. The van der Waals surface area contributed by atoms with Gasteiger partial charge in [-0.3, -0.25) is 14.4 Å². The van der Waals surface area contributed by atoms with Gasteiger partial charge in [-0.25, -0.2) is 4.68 Å². The smallest absolute Gasteiger partial charge is 0.292 e. The number of aromatic nitrogens is 2. The van der Waals surface area contributed by atoms with Gasteiger partial charge in [0.05, 0.1) is 36.8 Å². The summed E-state index contributed by atoms with van der Waals surface area (Å²) in [4.78, 5) is 38.8. The molecule has 0 unspecified atom stereocenters. The molecule has 142 valence electrons. The SMILES string of the molecule is COc1ccc(NC(=O)Cn2ncc3c(c2=O)N(C)C(=O)CS3)c(OC)c1. The summed E-state index contributed by atoms with van der Waals surface area (Å²) in [7, 11) is 4.54. The Morgan fingerprint density at radius 1 is 1.30 bits per heavy atom. The van der Waals surface area contributed by atoms with Gasteiger partial charge in [-0.05, 0) is 12.1 Å². The van der Waals surface area contributed by atoms with Crippen molar-refractivity contribution in [2.24, 2.45) is 0 Å². The van der Waals surface area contributed by atoms with Crippen LogP contribution in [0.15, 0.2) is 34.1 Å². The molecule has 1 N–H and O–H groups in total. The Bertz CT molecular complexity index is 959. The third-order valence-electron chi connectivity index (χ3n) is 4.02. The van der Waals surface area contributed by atoms with Gasteiger partial charge in [0, 0.05) is 13.1 Å². The summed E-state index contributed by atoms with van der Waals surface area (Å²) in [5.74, 6) is 0.643. The second-order valence-electron chi connectivity index (χ2n) is 5.68. The van der Waals surface area contributed by atoms with Crippen molar-refractivity contribution in [3.63, 3.8) is 0 Å². The maximum absolute atomic E-state index is 12.6. The highest BCUT2D eigenvalue weighted by atomic mass is 32.2. The van der Waals surface area contributed by atoms with Gasteiger partial charge in [0.15, 0.2) is 0 Å². The second-order valence-corrected chi connectivity index (χ2v) is 6.69. The van der Waals surface area contributed by atoms with Crippen LogP contribution in [-0.2, 0) is 16.1 Å². The monoisotopic (exact) mass is 390 g/mol. The Hall–Kier alpha value is -3.01. The number of nitrogens with one attached hydrogen (secondary N) is 1. The van der Waals surface area contributed by atoms with Crippen molar-refractivity contribution in [3.05, 3.63) is 34.7 Å². The number of carbonyl (C=O) groups excluding carboxylic acids is 2. The number of ether oxygens (including phenoxy) is 2. The lowest BCUT2D eigenvalue weighted by Gasteiger charge is -2.24. The predicted octanol–water partition coefficient (Wildman–Crippen LogP) is 0.968. The number of thioether (sulfide) groups is 1. The minimum Gasteiger partial charge on any atom is -0.497 e. The molecule has 0 bridgehead atoms. The molecule has 0 spiro atoms. The van der Waals surface area contributed by atoms with Crippen molar-refractivity contribution in [1.82, 2.24) is 9.78 Å². The molecule has 1 aromatic carbocycles. The van der Waals surface area contributed by atoms with Gasteiger partial charge >= 0.3 is 0 Å². The van der Waals surface area contributed by atoms with E-state index in [0.717, 1.165) is 4.68 Å². The van der Waals surface area contributed by atoms with E-state index in [-0.39, 0.29) is 23.9 Å². The molecule has 1 aliphatic heterocycles. The zero-order valence-corrected chi connectivity index (χ0v) is 15.8. The zero-order chi connectivity index (χ0) is 19.6. The zero-order valence-electron chi connectivity index (χ0n) is 15.0. The Morgan fingerprint density at radius 2 is 2.07 bits per heavy atom. The highest BCUT2D eigenvalue weighted by Crippen LogP contribution is 2.31. The maximum Gasteiger partial charge on any atom is 0.292 e. The van der Waals surface area contributed by atoms with Crippen molar-refractivity contribution in [2.75, 3.05) is 37.2 Å². The summed E-state index contributed by atoms with van der Waals surface area (Å²) in [5.41, 5.74) is 0.186. The molecule has 0 saturated heterocycles. The Labute approximate surface area is 159 Å². The van der Waals surface area contributed by atoms with E-state index >= 15 is 0 Å². The summed E-state index contributed by atoms with van der Waals surface area (Å²) in [6.45, 7) is -0.298. The van der Waals surface area contributed by atoms with Gasteiger partial charge in [0.2, 0.25) is 11.8 Å². The van der Waals surface area contributed by atoms with Crippen LogP contribution in [0.1, 0.15) is 0 Å². The number of rotatable bonds is 5. The van der Waals surface area contributed by atoms with E-state index in [0.29, 0.717) is 22.1 Å². The van der Waals surface area contributed by atoms with Gasteiger partial charge in [-0.1, -0.05) is 0 Å². The van der Waals surface area contributed by atoms with Crippen molar-refractivity contribution in [2.45, 2.75) is 11.4 Å². The van der Waals surface area contributed by atoms with Crippen LogP contribution in [-0.4, -0.2) is 48.6 Å². The van der Waals surface area contributed by atoms with E-state index in [4.69, 9.17) is 9.47 Å². The van der Waals surface area contributed by atoms with Gasteiger partial charge < -0.3 is 19.7 Å². The number of methoxy groups -OCH3 is 2. The fraction of sp³-hybridized carbons (Fsp3) is 0.294. The molecule has 0 radical (unpaired) electrons. The van der Waals surface area contributed by atoms with Crippen molar-refractivity contribution in [1.29, 1.82) is 0 Å². The minimum atomic E-state index is -0.493. The van der Waals surface area contributed by atoms with Crippen LogP contribution in [0.3, 0.4) is 0 Å². The number of hydrogen-bond acceptors (Lipinski definition) is 7. The summed E-state index contributed by atoms with van der Waals surface area (Å²) in [6, 6.07) is 4.96. The van der Waals surface area contributed by atoms with Crippen molar-refractivity contribution >= 4 is 35.0 Å². The Morgan fingerprint density at radius 3 is 2.78 bits per heavy atom. The summed E-state index contributed by atoms with van der Waals surface area (Å²) >= 11 is 1.26. The van der Waals surface area contributed by atoms with Gasteiger partial charge in [-0.15, -0.1) is 11.8 Å². The fourth-order valence-corrected chi connectivity index (χ4v) is 3.53. The number of hydrogen-bond donors (Lipinski definition) is 1. The first-order valence-corrected chi connectivity index (χ1v) is 8.94. The molecule has 0 saturated carbocycles. The van der Waals surface area contributed by atoms with Crippen molar-refractivity contribution < 1.29 is 19.1 Å². The lowest BCUT2D eigenvalue weighted by Crippen LogP contribution is -2.40. The van der Waals surface area contributed by atoms with Crippen LogP contribution >= 0.6 is 11.8 Å². The number of amides is 2. The molecule has 2 heterocycles. The molecule has 9 nitrogen and oxygen atoms in total. The third-order valence-corrected chi connectivity index (χ3v) is 5.02. The van der Waals surface area contributed by atoms with Crippen LogP contribution in [0.5, 0.6) is 11.5 Å². The molecule has 0 atom stereocenters.